The first-order chi connectivity index (χ1) is 14.5. The van der Waals surface area contributed by atoms with Crippen LogP contribution in [0.1, 0.15) is 30.6 Å². The Hall–Kier alpha value is -2.58. The van der Waals surface area contributed by atoms with E-state index in [4.69, 9.17) is 0 Å². The molecule has 1 amide bonds. The second-order valence-electron chi connectivity index (χ2n) is 7.98. The molecule has 2 aromatic rings. The van der Waals surface area contributed by atoms with Crippen molar-refractivity contribution in [3.63, 3.8) is 0 Å². The zero-order valence-corrected chi connectivity index (χ0v) is 16.7. The third-order valence-electron chi connectivity index (χ3n) is 6.26. The van der Waals surface area contributed by atoms with Gasteiger partial charge in [-0.25, -0.2) is 8.78 Å². The first-order valence-electron chi connectivity index (χ1n) is 10.2. The molecule has 30 heavy (non-hydrogen) atoms. The number of benzene rings is 1. The van der Waals surface area contributed by atoms with Crippen LogP contribution in [0.2, 0.25) is 0 Å². The van der Waals surface area contributed by atoms with Gasteiger partial charge in [-0.2, -0.15) is 0 Å². The van der Waals surface area contributed by atoms with Gasteiger partial charge in [0, 0.05) is 55.5 Å². The molecule has 160 valence electrons. The van der Waals surface area contributed by atoms with Crippen molar-refractivity contribution in [1.82, 2.24) is 14.8 Å². The molecule has 1 aromatic heterocycles. The molecule has 4 atom stereocenters. The van der Waals surface area contributed by atoms with Crippen molar-refractivity contribution in [2.45, 2.75) is 38.5 Å². The average Bonchev–Trinajstić information content (AvgIpc) is 2.93. The Morgan fingerprint density at radius 3 is 2.80 bits per heavy atom. The lowest BCUT2D eigenvalue weighted by Gasteiger charge is -2.38. The first-order valence-corrected chi connectivity index (χ1v) is 10.2. The number of aliphatic hydroxyl groups excluding tert-OH is 1. The highest BCUT2D eigenvalue weighted by atomic mass is 19.1. The average molecular weight is 417 g/mol. The molecule has 1 fully saturated rings. The molecule has 2 bridgehead atoms. The van der Waals surface area contributed by atoms with Crippen molar-refractivity contribution in [1.29, 1.82) is 0 Å². The van der Waals surface area contributed by atoms with E-state index < -0.39 is 29.5 Å². The second kappa shape index (κ2) is 8.28. The van der Waals surface area contributed by atoms with Crippen molar-refractivity contribution >= 4 is 5.91 Å². The molecule has 0 aliphatic carbocycles. The Balaban J connectivity index is 1.79. The number of aromatic nitrogens is 1. The number of carbonyl (C=O) groups excluding carboxylic acids is 1. The van der Waals surface area contributed by atoms with E-state index in [0.717, 1.165) is 24.6 Å². The molecule has 6 nitrogen and oxygen atoms in total. The third kappa shape index (κ3) is 3.44. The van der Waals surface area contributed by atoms with Crippen LogP contribution in [0, 0.1) is 23.5 Å². The number of halogens is 2. The van der Waals surface area contributed by atoms with E-state index >= 15 is 0 Å². The summed E-state index contributed by atoms with van der Waals surface area (Å²) >= 11 is 0. The molecule has 4 rings (SSSR count). The van der Waals surface area contributed by atoms with Gasteiger partial charge in [-0.3, -0.25) is 14.5 Å². The van der Waals surface area contributed by atoms with E-state index in [1.807, 2.05) is 11.8 Å². The van der Waals surface area contributed by atoms with Gasteiger partial charge < -0.3 is 15.0 Å². The van der Waals surface area contributed by atoms with Gasteiger partial charge in [0.25, 0.3) is 5.56 Å². The van der Waals surface area contributed by atoms with Crippen LogP contribution in [0.4, 0.5) is 8.78 Å². The minimum Gasteiger partial charge on any atom is -0.396 e. The fourth-order valence-corrected chi connectivity index (χ4v) is 4.92. The summed E-state index contributed by atoms with van der Waals surface area (Å²) in [5.41, 5.74) is 0.664. The van der Waals surface area contributed by atoms with E-state index in [9.17, 15) is 23.5 Å². The van der Waals surface area contributed by atoms with Crippen molar-refractivity contribution in [3.05, 3.63) is 69.6 Å². The number of pyridine rings is 1. The maximum atomic E-state index is 14.4. The fourth-order valence-electron chi connectivity index (χ4n) is 4.92. The predicted molar refractivity (Wildman–Crippen MR) is 106 cm³/mol. The predicted octanol–water partition coefficient (Wildman–Crippen LogP) is 1.82. The second-order valence-corrected chi connectivity index (χ2v) is 7.98. The maximum Gasteiger partial charge on any atom is 0.250 e. The Morgan fingerprint density at radius 1 is 1.27 bits per heavy atom. The van der Waals surface area contributed by atoms with Crippen LogP contribution >= 0.6 is 0 Å². The fraction of sp³-hybridized carbons (Fsp3) is 0.455. The van der Waals surface area contributed by atoms with Crippen LogP contribution in [-0.4, -0.2) is 39.7 Å². The quantitative estimate of drug-likeness (QED) is 0.752. The van der Waals surface area contributed by atoms with Gasteiger partial charge in [-0.1, -0.05) is 13.0 Å². The Bertz CT molecular complexity index is 1010. The number of hydrogen-bond acceptors (Lipinski definition) is 4. The van der Waals surface area contributed by atoms with E-state index in [1.54, 1.807) is 16.7 Å². The Morgan fingerprint density at radius 2 is 2.07 bits per heavy atom. The van der Waals surface area contributed by atoms with E-state index in [2.05, 4.69) is 5.32 Å². The highest BCUT2D eigenvalue weighted by Crippen LogP contribution is 2.48. The molecule has 1 saturated heterocycles. The van der Waals surface area contributed by atoms with Gasteiger partial charge in [0.05, 0.1) is 12.0 Å². The number of fused-ring (bicyclic) bond motifs is 4. The molecule has 2 N–H and O–H groups in total. The zero-order chi connectivity index (χ0) is 21.4. The van der Waals surface area contributed by atoms with Crippen LogP contribution in [0.15, 0.2) is 41.2 Å². The molecule has 2 aliphatic heterocycles. The van der Waals surface area contributed by atoms with Crippen molar-refractivity contribution in [2.24, 2.45) is 11.8 Å². The SMILES string of the molecule is CCCNC(=O)[C@@H]1[C@@H](CO)[C@@H]2Cn3c(cccc3=O)[C@H]1N2Cc1cc(F)ccc1F. The number of aliphatic hydroxyl groups is 1. The maximum absolute atomic E-state index is 14.4. The first kappa shape index (κ1) is 20.7. The van der Waals surface area contributed by atoms with Gasteiger partial charge in [0.1, 0.15) is 11.6 Å². The molecule has 2 aliphatic rings. The number of hydrogen-bond donors (Lipinski definition) is 2. The van der Waals surface area contributed by atoms with Gasteiger partial charge in [0.2, 0.25) is 5.91 Å². The van der Waals surface area contributed by atoms with Gasteiger partial charge in [-0.05, 0) is 30.7 Å². The highest BCUT2D eigenvalue weighted by Gasteiger charge is 2.55. The molecule has 0 radical (unpaired) electrons. The molecule has 0 spiro atoms. The molecular formula is C22H25F2N3O3. The summed E-state index contributed by atoms with van der Waals surface area (Å²) in [5.74, 6) is -2.29. The molecule has 1 aromatic carbocycles. The third-order valence-corrected chi connectivity index (χ3v) is 6.26. The summed E-state index contributed by atoms with van der Waals surface area (Å²) in [5, 5.41) is 13.1. The van der Waals surface area contributed by atoms with E-state index in [-0.39, 0.29) is 42.8 Å². The summed E-state index contributed by atoms with van der Waals surface area (Å²) in [6.07, 6.45) is 0.768. The Kier molecular flexibility index (Phi) is 5.71. The Labute approximate surface area is 173 Å². The van der Waals surface area contributed by atoms with Crippen molar-refractivity contribution < 1.29 is 18.7 Å². The van der Waals surface area contributed by atoms with Crippen molar-refractivity contribution in [3.8, 4) is 0 Å². The zero-order valence-electron chi connectivity index (χ0n) is 16.7. The van der Waals surface area contributed by atoms with Crippen LogP contribution in [0.5, 0.6) is 0 Å². The minimum absolute atomic E-state index is 0.0794. The number of carbonyl (C=O) groups is 1. The monoisotopic (exact) mass is 417 g/mol. The summed E-state index contributed by atoms with van der Waals surface area (Å²) in [7, 11) is 0. The van der Waals surface area contributed by atoms with Crippen LogP contribution in [-0.2, 0) is 17.9 Å². The lowest BCUT2D eigenvalue weighted by Crippen LogP contribution is -2.46. The lowest BCUT2D eigenvalue weighted by molar-refractivity contribution is -0.127. The summed E-state index contributed by atoms with van der Waals surface area (Å²) in [6, 6.07) is 7.33. The summed E-state index contributed by atoms with van der Waals surface area (Å²) < 4.78 is 29.8. The van der Waals surface area contributed by atoms with E-state index in [0.29, 0.717) is 12.2 Å². The minimum atomic E-state index is -0.598. The van der Waals surface area contributed by atoms with Crippen LogP contribution in [0.3, 0.4) is 0 Å². The summed E-state index contributed by atoms with van der Waals surface area (Å²) in [4.78, 5) is 27.5. The topological polar surface area (TPSA) is 74.6 Å². The van der Waals surface area contributed by atoms with Crippen LogP contribution in [0.25, 0.3) is 0 Å². The van der Waals surface area contributed by atoms with E-state index in [1.165, 1.54) is 6.07 Å². The lowest BCUT2D eigenvalue weighted by atomic mass is 9.86. The van der Waals surface area contributed by atoms with Gasteiger partial charge in [-0.15, -0.1) is 0 Å². The molecule has 8 heteroatoms. The molecule has 0 unspecified atom stereocenters. The molecular weight excluding hydrogens is 392 g/mol. The smallest absolute Gasteiger partial charge is 0.250 e. The molecule has 3 heterocycles. The van der Waals surface area contributed by atoms with Gasteiger partial charge >= 0.3 is 0 Å². The van der Waals surface area contributed by atoms with Gasteiger partial charge in [0.15, 0.2) is 0 Å². The summed E-state index contributed by atoms with van der Waals surface area (Å²) in [6.45, 7) is 2.58. The number of rotatable bonds is 6. The number of nitrogens with zero attached hydrogens (tertiary/aromatic N) is 2. The standard InChI is InChI=1S/C22H25F2N3O3/c1-2-8-25-22(30)20-15(12-28)18-11-26-17(4-3-5-19(26)29)21(20)27(18)10-13-9-14(23)6-7-16(13)24/h3-7,9,15,18,20-21,28H,2,8,10-12H2,1H3,(H,25,30)/t15-,18-,20+,21+/m0/s1. The van der Waals surface area contributed by atoms with Crippen molar-refractivity contribution in [2.75, 3.05) is 13.2 Å². The van der Waals surface area contributed by atoms with Crippen LogP contribution < -0.4 is 10.9 Å². The molecule has 0 saturated carbocycles. The largest absolute Gasteiger partial charge is 0.396 e. The number of amides is 1. The highest BCUT2D eigenvalue weighted by molar-refractivity contribution is 5.80. The number of nitrogens with one attached hydrogen (secondary N) is 1. The normalized spacial score (nSPS) is 25.2.